The van der Waals surface area contributed by atoms with Crippen LogP contribution in [0, 0.1) is 0 Å². The van der Waals surface area contributed by atoms with E-state index in [0.29, 0.717) is 25.3 Å². The molecule has 0 aliphatic carbocycles. The first-order valence-electron chi connectivity index (χ1n) is 6.32. The topological polar surface area (TPSA) is 47.0 Å². The molecular weight excluding hydrogens is 259 g/mol. The zero-order valence-electron chi connectivity index (χ0n) is 10.3. The lowest BCUT2D eigenvalue weighted by Crippen LogP contribution is -2.18. The molecule has 1 unspecified atom stereocenters. The summed E-state index contributed by atoms with van der Waals surface area (Å²) in [6.07, 6.45) is -2.31. The first-order chi connectivity index (χ1) is 9.04. The van der Waals surface area contributed by atoms with Crippen molar-refractivity contribution in [1.29, 1.82) is 0 Å². The van der Waals surface area contributed by atoms with Crippen molar-refractivity contribution in [2.45, 2.75) is 44.6 Å². The third-order valence-electron chi connectivity index (χ3n) is 3.44. The summed E-state index contributed by atoms with van der Waals surface area (Å²) in [5.74, 6) is 0.238. The van der Waals surface area contributed by atoms with Crippen LogP contribution in [0.1, 0.15) is 35.6 Å². The molecule has 0 bridgehead atoms. The van der Waals surface area contributed by atoms with Crippen LogP contribution in [0.4, 0.5) is 13.2 Å². The van der Waals surface area contributed by atoms with E-state index in [1.54, 1.807) is 0 Å². The van der Waals surface area contributed by atoms with Crippen LogP contribution in [0.5, 0.6) is 0 Å². The molecule has 0 spiro atoms. The van der Waals surface area contributed by atoms with Gasteiger partial charge in [-0.3, -0.25) is 0 Å². The number of hydrogen-bond acceptors (Lipinski definition) is 4. The summed E-state index contributed by atoms with van der Waals surface area (Å²) < 4.78 is 44.4. The largest absolute Gasteiger partial charge is 0.433 e. The van der Waals surface area contributed by atoms with Crippen LogP contribution in [0.25, 0.3) is 0 Å². The monoisotopic (exact) mass is 273 g/mol. The first-order valence-corrected chi connectivity index (χ1v) is 6.32. The molecule has 19 heavy (non-hydrogen) atoms. The Balaban J connectivity index is 1.93. The average Bonchev–Trinajstić information content (AvgIpc) is 2.96. The Hall–Kier alpha value is -1.21. The van der Waals surface area contributed by atoms with E-state index in [0.717, 1.165) is 12.8 Å². The van der Waals surface area contributed by atoms with E-state index in [-0.39, 0.29) is 24.0 Å². The smallest absolute Gasteiger partial charge is 0.378 e. The Kier molecular flexibility index (Phi) is 3.18. The van der Waals surface area contributed by atoms with Gasteiger partial charge < -0.3 is 10.1 Å². The summed E-state index contributed by atoms with van der Waals surface area (Å²) in [6, 6.07) is 0. The van der Waals surface area contributed by atoms with E-state index in [4.69, 9.17) is 4.74 Å². The van der Waals surface area contributed by atoms with Gasteiger partial charge in [0.25, 0.3) is 0 Å². The first kappa shape index (κ1) is 12.8. The zero-order chi connectivity index (χ0) is 13.5. The predicted molar refractivity (Wildman–Crippen MR) is 60.3 cm³/mol. The van der Waals surface area contributed by atoms with Crippen LogP contribution in [0.2, 0.25) is 0 Å². The molecule has 2 aliphatic rings. The molecular formula is C12H14F3N3O. The maximum Gasteiger partial charge on any atom is 0.433 e. The Labute approximate surface area is 108 Å². The minimum absolute atomic E-state index is 0.0477. The highest BCUT2D eigenvalue weighted by Crippen LogP contribution is 2.33. The molecule has 1 saturated heterocycles. The van der Waals surface area contributed by atoms with Gasteiger partial charge in [0.1, 0.15) is 5.82 Å². The molecule has 0 saturated carbocycles. The van der Waals surface area contributed by atoms with Crippen molar-refractivity contribution in [3.8, 4) is 0 Å². The van der Waals surface area contributed by atoms with Crippen LogP contribution in [0.3, 0.4) is 0 Å². The van der Waals surface area contributed by atoms with Gasteiger partial charge in [0.05, 0.1) is 11.8 Å². The molecule has 7 heteroatoms. The second-order valence-corrected chi connectivity index (χ2v) is 4.85. The van der Waals surface area contributed by atoms with Crippen molar-refractivity contribution in [2.75, 3.05) is 6.61 Å². The molecule has 104 valence electrons. The molecule has 1 aromatic heterocycles. The van der Waals surface area contributed by atoms with Crippen LogP contribution >= 0.6 is 0 Å². The molecule has 2 aliphatic heterocycles. The molecule has 4 nitrogen and oxygen atoms in total. The number of rotatable bonds is 2. The quantitative estimate of drug-likeness (QED) is 0.893. The third-order valence-corrected chi connectivity index (χ3v) is 3.44. The van der Waals surface area contributed by atoms with E-state index in [1.165, 1.54) is 0 Å². The normalized spacial score (nSPS) is 22.8. The summed E-state index contributed by atoms with van der Waals surface area (Å²) in [6.45, 7) is 1.23. The fourth-order valence-corrected chi connectivity index (χ4v) is 2.55. The third kappa shape index (κ3) is 2.57. The molecule has 3 rings (SSSR count). The molecule has 0 radical (unpaired) electrons. The van der Waals surface area contributed by atoms with Crippen molar-refractivity contribution in [1.82, 2.24) is 15.3 Å². The number of aromatic nitrogens is 2. The minimum atomic E-state index is -4.43. The Morgan fingerprint density at radius 2 is 2.11 bits per heavy atom. The summed E-state index contributed by atoms with van der Waals surface area (Å²) >= 11 is 0. The lowest BCUT2D eigenvalue weighted by Gasteiger charge is -2.14. The fraction of sp³-hybridized carbons (Fsp3) is 0.667. The van der Waals surface area contributed by atoms with Gasteiger partial charge in [0.2, 0.25) is 0 Å². The van der Waals surface area contributed by atoms with E-state index < -0.39 is 11.9 Å². The lowest BCUT2D eigenvalue weighted by molar-refractivity contribution is -0.142. The summed E-state index contributed by atoms with van der Waals surface area (Å²) in [4.78, 5) is 7.96. The standard InChI is InChI=1S/C12H14F3N3O/c13-12(14,15)11-8-5-16-6-9(8)17-10(18-11)4-7-2-1-3-19-7/h7,16H,1-6H2. The Morgan fingerprint density at radius 1 is 1.26 bits per heavy atom. The van der Waals surface area contributed by atoms with Gasteiger partial charge in [-0.1, -0.05) is 0 Å². The molecule has 1 N–H and O–H groups in total. The minimum Gasteiger partial charge on any atom is -0.378 e. The van der Waals surface area contributed by atoms with Gasteiger partial charge in [-0.15, -0.1) is 0 Å². The van der Waals surface area contributed by atoms with Crippen LogP contribution < -0.4 is 5.32 Å². The number of alkyl halides is 3. The van der Waals surface area contributed by atoms with Crippen molar-refractivity contribution in [2.24, 2.45) is 0 Å². The molecule has 1 atom stereocenters. The highest BCUT2D eigenvalue weighted by molar-refractivity contribution is 5.31. The van der Waals surface area contributed by atoms with E-state index >= 15 is 0 Å². The van der Waals surface area contributed by atoms with Gasteiger partial charge in [0.15, 0.2) is 5.69 Å². The van der Waals surface area contributed by atoms with Crippen molar-refractivity contribution >= 4 is 0 Å². The number of nitrogens with zero attached hydrogens (tertiary/aromatic N) is 2. The highest BCUT2D eigenvalue weighted by Gasteiger charge is 2.38. The number of hydrogen-bond donors (Lipinski definition) is 1. The van der Waals surface area contributed by atoms with E-state index in [9.17, 15) is 13.2 Å². The van der Waals surface area contributed by atoms with E-state index in [1.807, 2.05) is 0 Å². The predicted octanol–water partition coefficient (Wildman–Crippen LogP) is 1.82. The number of halogens is 3. The van der Waals surface area contributed by atoms with Crippen LogP contribution in [-0.2, 0) is 30.4 Å². The van der Waals surface area contributed by atoms with Crippen molar-refractivity contribution in [3.63, 3.8) is 0 Å². The number of fused-ring (bicyclic) bond motifs is 1. The summed E-state index contributed by atoms with van der Waals surface area (Å²) in [5, 5.41) is 2.89. The van der Waals surface area contributed by atoms with Gasteiger partial charge in [-0.05, 0) is 12.8 Å². The second-order valence-electron chi connectivity index (χ2n) is 4.85. The molecule has 0 aromatic carbocycles. The SMILES string of the molecule is FC(F)(F)c1nc(CC2CCCO2)nc2c1CNC2. The Morgan fingerprint density at radius 3 is 2.79 bits per heavy atom. The Bertz CT molecular complexity index is 484. The van der Waals surface area contributed by atoms with Crippen molar-refractivity contribution < 1.29 is 17.9 Å². The average molecular weight is 273 g/mol. The lowest BCUT2D eigenvalue weighted by atomic mass is 10.1. The van der Waals surface area contributed by atoms with Crippen molar-refractivity contribution in [3.05, 3.63) is 22.8 Å². The maximum absolute atomic E-state index is 13.0. The highest BCUT2D eigenvalue weighted by atomic mass is 19.4. The van der Waals surface area contributed by atoms with E-state index in [2.05, 4.69) is 15.3 Å². The zero-order valence-corrected chi connectivity index (χ0v) is 10.3. The van der Waals surface area contributed by atoms with Gasteiger partial charge in [-0.25, -0.2) is 9.97 Å². The van der Waals surface area contributed by atoms with Gasteiger partial charge in [0, 0.05) is 31.7 Å². The number of nitrogens with one attached hydrogen (secondary N) is 1. The van der Waals surface area contributed by atoms with Gasteiger partial charge >= 0.3 is 6.18 Å². The summed E-state index contributed by atoms with van der Waals surface area (Å²) in [7, 11) is 0. The van der Waals surface area contributed by atoms with Gasteiger partial charge in [-0.2, -0.15) is 13.2 Å². The number of ether oxygens (including phenoxy) is 1. The van der Waals surface area contributed by atoms with Crippen LogP contribution in [0.15, 0.2) is 0 Å². The van der Waals surface area contributed by atoms with Crippen LogP contribution in [-0.4, -0.2) is 22.7 Å². The molecule has 3 heterocycles. The maximum atomic E-state index is 13.0. The molecule has 1 aromatic rings. The molecule has 1 fully saturated rings. The summed E-state index contributed by atoms with van der Waals surface area (Å²) in [5.41, 5.74) is -0.144. The second kappa shape index (κ2) is 4.72. The molecule has 0 amide bonds. The fourth-order valence-electron chi connectivity index (χ4n) is 2.55.